The summed E-state index contributed by atoms with van der Waals surface area (Å²) in [4.78, 5) is 7.04. The van der Waals surface area contributed by atoms with Crippen molar-refractivity contribution in [2.75, 3.05) is 26.2 Å². The van der Waals surface area contributed by atoms with Crippen LogP contribution in [0.15, 0.2) is 18.3 Å². The summed E-state index contributed by atoms with van der Waals surface area (Å²) in [6.45, 7) is 8.09. The van der Waals surface area contributed by atoms with Crippen LogP contribution in [0.1, 0.15) is 11.3 Å². The van der Waals surface area contributed by atoms with Gasteiger partial charge in [0.05, 0.1) is 5.69 Å². The average molecular weight is 217 g/mol. The van der Waals surface area contributed by atoms with Crippen molar-refractivity contribution in [2.45, 2.75) is 13.5 Å². The van der Waals surface area contributed by atoms with E-state index in [0.29, 0.717) is 0 Å². The minimum absolute atomic E-state index is 0.879. The van der Waals surface area contributed by atoms with Gasteiger partial charge in [-0.2, -0.15) is 0 Å². The normalized spacial score (nSPS) is 29.6. The van der Waals surface area contributed by atoms with Crippen LogP contribution >= 0.6 is 0 Å². The molecule has 1 N–H and O–H groups in total. The van der Waals surface area contributed by atoms with Gasteiger partial charge in [-0.15, -0.1) is 0 Å². The van der Waals surface area contributed by atoms with Gasteiger partial charge in [-0.3, -0.25) is 9.88 Å². The minimum atomic E-state index is 0.879. The van der Waals surface area contributed by atoms with Crippen molar-refractivity contribution >= 4 is 0 Å². The quantitative estimate of drug-likeness (QED) is 0.802. The molecule has 3 rings (SSSR count). The fourth-order valence-corrected chi connectivity index (χ4v) is 2.98. The van der Waals surface area contributed by atoms with Crippen LogP contribution in [0.3, 0.4) is 0 Å². The van der Waals surface area contributed by atoms with Crippen LogP contribution in [0.25, 0.3) is 0 Å². The molecule has 3 heterocycles. The molecule has 2 saturated heterocycles. The summed E-state index contributed by atoms with van der Waals surface area (Å²) in [6.07, 6.45) is 1.90. The van der Waals surface area contributed by atoms with Crippen LogP contribution in [0.4, 0.5) is 0 Å². The zero-order valence-electron chi connectivity index (χ0n) is 9.82. The van der Waals surface area contributed by atoms with E-state index in [4.69, 9.17) is 0 Å². The molecule has 86 valence electrons. The fourth-order valence-electron chi connectivity index (χ4n) is 2.98. The number of hydrogen-bond acceptors (Lipinski definition) is 3. The van der Waals surface area contributed by atoms with E-state index in [0.717, 1.165) is 18.4 Å². The Bertz CT molecular complexity index is 365. The smallest absolute Gasteiger partial charge is 0.0573 e. The Kier molecular flexibility index (Phi) is 2.65. The molecule has 0 radical (unpaired) electrons. The van der Waals surface area contributed by atoms with Crippen LogP contribution in [-0.4, -0.2) is 36.1 Å². The van der Waals surface area contributed by atoms with E-state index in [1.54, 1.807) is 0 Å². The summed E-state index contributed by atoms with van der Waals surface area (Å²) < 4.78 is 0. The van der Waals surface area contributed by atoms with Gasteiger partial charge in [-0.05, 0) is 43.5 Å². The zero-order valence-corrected chi connectivity index (χ0v) is 9.82. The number of fused-ring (bicyclic) bond motifs is 1. The first-order valence-electron chi connectivity index (χ1n) is 6.16. The maximum absolute atomic E-state index is 4.48. The molecule has 2 aliphatic heterocycles. The molecule has 0 aromatic carbocycles. The van der Waals surface area contributed by atoms with E-state index in [9.17, 15) is 0 Å². The van der Waals surface area contributed by atoms with Crippen LogP contribution in [-0.2, 0) is 6.54 Å². The Labute approximate surface area is 96.9 Å². The third-order valence-corrected chi connectivity index (χ3v) is 3.96. The van der Waals surface area contributed by atoms with E-state index in [1.807, 2.05) is 12.3 Å². The largest absolute Gasteiger partial charge is 0.316 e. The molecule has 0 unspecified atom stereocenters. The van der Waals surface area contributed by atoms with Crippen molar-refractivity contribution in [1.82, 2.24) is 15.2 Å². The number of nitrogens with zero attached hydrogens (tertiary/aromatic N) is 2. The Hall–Kier alpha value is -0.930. The first-order valence-corrected chi connectivity index (χ1v) is 6.16. The highest BCUT2D eigenvalue weighted by atomic mass is 15.2. The molecule has 1 aromatic heterocycles. The van der Waals surface area contributed by atoms with Gasteiger partial charge in [0.25, 0.3) is 0 Å². The maximum Gasteiger partial charge on any atom is 0.0573 e. The molecule has 0 amide bonds. The fraction of sp³-hybridized carbons (Fsp3) is 0.615. The zero-order chi connectivity index (χ0) is 11.0. The molecule has 0 saturated carbocycles. The van der Waals surface area contributed by atoms with E-state index >= 15 is 0 Å². The predicted octanol–water partition coefficient (Wildman–Crippen LogP) is 1.04. The van der Waals surface area contributed by atoms with Gasteiger partial charge in [0.1, 0.15) is 0 Å². The highest BCUT2D eigenvalue weighted by molar-refractivity contribution is 5.17. The maximum atomic E-state index is 4.48. The Morgan fingerprint density at radius 2 is 2.12 bits per heavy atom. The third kappa shape index (κ3) is 1.85. The number of likely N-dealkylation sites (tertiary alicyclic amines) is 1. The summed E-state index contributed by atoms with van der Waals surface area (Å²) in [6, 6.07) is 4.17. The standard InChI is InChI=1S/C13H19N3/c1-10-3-2-4-15-13(10)9-16-7-11-5-14-6-12(11)8-16/h2-4,11-12,14H,5-9H2,1H3/t11-,12+. The van der Waals surface area contributed by atoms with Gasteiger partial charge >= 0.3 is 0 Å². The summed E-state index contributed by atoms with van der Waals surface area (Å²) in [7, 11) is 0. The first kappa shape index (κ1) is 10.2. The van der Waals surface area contributed by atoms with Crippen molar-refractivity contribution < 1.29 is 0 Å². The molecule has 3 heteroatoms. The molecule has 16 heavy (non-hydrogen) atoms. The third-order valence-electron chi connectivity index (χ3n) is 3.96. The highest BCUT2D eigenvalue weighted by Crippen LogP contribution is 2.27. The van der Waals surface area contributed by atoms with Gasteiger partial charge in [0, 0.05) is 25.8 Å². The molecule has 2 fully saturated rings. The summed E-state index contributed by atoms with van der Waals surface area (Å²) >= 11 is 0. The van der Waals surface area contributed by atoms with Crippen molar-refractivity contribution in [3.8, 4) is 0 Å². The Morgan fingerprint density at radius 1 is 1.38 bits per heavy atom. The van der Waals surface area contributed by atoms with Gasteiger partial charge in [-0.25, -0.2) is 0 Å². The van der Waals surface area contributed by atoms with E-state index < -0.39 is 0 Å². The number of aromatic nitrogens is 1. The van der Waals surface area contributed by atoms with Crippen LogP contribution in [0.5, 0.6) is 0 Å². The van der Waals surface area contributed by atoms with Crippen LogP contribution in [0.2, 0.25) is 0 Å². The van der Waals surface area contributed by atoms with Crippen LogP contribution in [0, 0.1) is 18.8 Å². The minimum Gasteiger partial charge on any atom is -0.316 e. The number of rotatable bonds is 2. The second kappa shape index (κ2) is 4.15. The average Bonchev–Trinajstić information content (AvgIpc) is 2.81. The summed E-state index contributed by atoms with van der Waals surface area (Å²) in [5, 5.41) is 3.48. The lowest BCUT2D eigenvalue weighted by atomic mass is 10.0. The van der Waals surface area contributed by atoms with Crippen LogP contribution < -0.4 is 5.32 Å². The van der Waals surface area contributed by atoms with Gasteiger partial charge in [0.2, 0.25) is 0 Å². The highest BCUT2D eigenvalue weighted by Gasteiger charge is 2.35. The molecule has 0 aliphatic carbocycles. The Morgan fingerprint density at radius 3 is 2.81 bits per heavy atom. The van der Waals surface area contributed by atoms with Gasteiger partial charge < -0.3 is 5.32 Å². The second-order valence-electron chi connectivity index (χ2n) is 5.14. The topological polar surface area (TPSA) is 28.2 Å². The number of aryl methyl sites for hydroxylation is 1. The van der Waals surface area contributed by atoms with E-state index in [-0.39, 0.29) is 0 Å². The van der Waals surface area contributed by atoms with Gasteiger partial charge in [-0.1, -0.05) is 6.07 Å². The molecule has 2 atom stereocenters. The summed E-state index contributed by atoms with van der Waals surface area (Å²) in [5.74, 6) is 1.76. The number of hydrogen-bond donors (Lipinski definition) is 1. The molecule has 0 bridgehead atoms. The predicted molar refractivity (Wildman–Crippen MR) is 64.1 cm³/mol. The Balaban J connectivity index is 1.66. The molecular weight excluding hydrogens is 198 g/mol. The van der Waals surface area contributed by atoms with Gasteiger partial charge in [0.15, 0.2) is 0 Å². The molecular formula is C13H19N3. The molecule has 0 spiro atoms. The lowest BCUT2D eigenvalue weighted by Crippen LogP contribution is -2.26. The SMILES string of the molecule is Cc1cccnc1CN1C[C@H]2CNC[C@H]2C1. The van der Waals surface area contributed by atoms with Crippen molar-refractivity contribution in [3.05, 3.63) is 29.6 Å². The van der Waals surface area contributed by atoms with E-state index in [1.165, 1.54) is 37.4 Å². The van der Waals surface area contributed by atoms with Crippen molar-refractivity contribution in [1.29, 1.82) is 0 Å². The monoisotopic (exact) mass is 217 g/mol. The van der Waals surface area contributed by atoms with Crippen molar-refractivity contribution in [2.24, 2.45) is 11.8 Å². The number of nitrogens with one attached hydrogen (secondary N) is 1. The lowest BCUT2D eigenvalue weighted by molar-refractivity contribution is 0.301. The van der Waals surface area contributed by atoms with E-state index in [2.05, 4.69) is 28.2 Å². The summed E-state index contributed by atoms with van der Waals surface area (Å²) in [5.41, 5.74) is 2.56. The lowest BCUT2D eigenvalue weighted by Gasteiger charge is -2.17. The van der Waals surface area contributed by atoms with Crippen molar-refractivity contribution in [3.63, 3.8) is 0 Å². The number of pyridine rings is 1. The second-order valence-corrected chi connectivity index (χ2v) is 5.14. The molecule has 3 nitrogen and oxygen atoms in total. The molecule has 1 aromatic rings. The first-order chi connectivity index (χ1) is 7.83. The molecule has 2 aliphatic rings.